The van der Waals surface area contributed by atoms with Crippen molar-refractivity contribution in [3.8, 4) is 11.8 Å². The van der Waals surface area contributed by atoms with E-state index in [0.717, 1.165) is 5.56 Å². The third-order valence-corrected chi connectivity index (χ3v) is 2.91. The summed E-state index contributed by atoms with van der Waals surface area (Å²) in [6.45, 7) is 4.18. The molecule has 0 unspecified atom stereocenters. The number of benzene rings is 1. The quantitative estimate of drug-likeness (QED) is 0.913. The van der Waals surface area contributed by atoms with Crippen LogP contribution in [-0.2, 0) is 6.61 Å². The maximum absolute atomic E-state index is 6.07. The van der Waals surface area contributed by atoms with Gasteiger partial charge in [0.05, 0.1) is 11.8 Å². The Morgan fingerprint density at radius 2 is 1.95 bits per heavy atom. The van der Waals surface area contributed by atoms with Crippen LogP contribution in [0.5, 0.6) is 11.8 Å². The third kappa shape index (κ3) is 3.78. The summed E-state index contributed by atoms with van der Waals surface area (Å²) in [5, 5.41) is 0.668. The first-order valence-electron chi connectivity index (χ1n) is 6.35. The molecule has 0 spiro atoms. The Hall–Kier alpha value is -1.94. The van der Waals surface area contributed by atoms with Crippen LogP contribution < -0.4 is 15.2 Å². The highest BCUT2D eigenvalue weighted by Gasteiger charge is 2.08. The number of rotatable bonds is 5. The Kier molecular flexibility index (Phi) is 4.69. The average Bonchev–Trinajstić information content (AvgIpc) is 2.40. The van der Waals surface area contributed by atoms with E-state index in [2.05, 4.69) is 4.98 Å². The van der Waals surface area contributed by atoms with Gasteiger partial charge in [0.25, 0.3) is 0 Å². The SMILES string of the molecule is CC(C)Oc1nc(OCc2ccccc2Cl)ccc1N. The minimum atomic E-state index is 0.00335. The molecule has 20 heavy (non-hydrogen) atoms. The van der Waals surface area contributed by atoms with Crippen molar-refractivity contribution in [2.75, 3.05) is 5.73 Å². The molecule has 2 N–H and O–H groups in total. The zero-order chi connectivity index (χ0) is 14.5. The van der Waals surface area contributed by atoms with E-state index in [4.69, 9.17) is 26.8 Å². The van der Waals surface area contributed by atoms with Crippen molar-refractivity contribution in [1.82, 2.24) is 4.98 Å². The maximum Gasteiger partial charge on any atom is 0.240 e. The van der Waals surface area contributed by atoms with Gasteiger partial charge in [0.1, 0.15) is 6.61 Å². The first kappa shape index (κ1) is 14.5. The number of nitrogens with two attached hydrogens (primary N) is 1. The molecule has 0 aliphatic carbocycles. The van der Waals surface area contributed by atoms with Gasteiger partial charge in [-0.1, -0.05) is 29.8 Å². The summed E-state index contributed by atoms with van der Waals surface area (Å²) < 4.78 is 11.1. The van der Waals surface area contributed by atoms with Crippen molar-refractivity contribution in [2.45, 2.75) is 26.6 Å². The summed E-state index contributed by atoms with van der Waals surface area (Å²) in [5.41, 5.74) is 7.20. The van der Waals surface area contributed by atoms with Crippen molar-refractivity contribution >= 4 is 17.3 Å². The van der Waals surface area contributed by atoms with Gasteiger partial charge in [-0.05, 0) is 26.0 Å². The van der Waals surface area contributed by atoms with E-state index in [1.165, 1.54) is 0 Å². The van der Waals surface area contributed by atoms with E-state index in [1.54, 1.807) is 12.1 Å². The molecule has 1 aromatic heterocycles. The molecule has 0 saturated heterocycles. The Morgan fingerprint density at radius 3 is 2.65 bits per heavy atom. The van der Waals surface area contributed by atoms with E-state index in [0.29, 0.717) is 29.1 Å². The molecule has 1 heterocycles. The van der Waals surface area contributed by atoms with Gasteiger partial charge < -0.3 is 15.2 Å². The molecule has 0 aliphatic heterocycles. The van der Waals surface area contributed by atoms with Gasteiger partial charge in [-0.2, -0.15) is 4.98 Å². The molecule has 0 atom stereocenters. The Morgan fingerprint density at radius 1 is 1.20 bits per heavy atom. The van der Waals surface area contributed by atoms with Crippen LogP contribution in [0.3, 0.4) is 0 Å². The van der Waals surface area contributed by atoms with Crippen molar-refractivity contribution in [2.24, 2.45) is 0 Å². The molecular formula is C15H17ClN2O2. The normalized spacial score (nSPS) is 10.6. The summed E-state index contributed by atoms with van der Waals surface area (Å²) in [4.78, 5) is 4.24. The minimum Gasteiger partial charge on any atom is -0.473 e. The second-order valence-electron chi connectivity index (χ2n) is 4.59. The minimum absolute atomic E-state index is 0.00335. The molecule has 1 aromatic carbocycles. The van der Waals surface area contributed by atoms with Crippen molar-refractivity contribution < 1.29 is 9.47 Å². The average molecular weight is 293 g/mol. The number of halogens is 1. The number of ether oxygens (including phenoxy) is 2. The second kappa shape index (κ2) is 6.48. The highest BCUT2D eigenvalue weighted by molar-refractivity contribution is 6.31. The predicted molar refractivity (Wildman–Crippen MR) is 80.2 cm³/mol. The first-order chi connectivity index (χ1) is 9.56. The number of nitrogen functional groups attached to an aromatic ring is 1. The largest absolute Gasteiger partial charge is 0.473 e. The van der Waals surface area contributed by atoms with Crippen LogP contribution in [0.2, 0.25) is 5.02 Å². The highest BCUT2D eigenvalue weighted by atomic mass is 35.5. The smallest absolute Gasteiger partial charge is 0.240 e. The highest BCUT2D eigenvalue weighted by Crippen LogP contribution is 2.24. The maximum atomic E-state index is 6.07. The summed E-state index contributed by atoms with van der Waals surface area (Å²) in [6.07, 6.45) is 0.00335. The van der Waals surface area contributed by atoms with Crippen LogP contribution in [-0.4, -0.2) is 11.1 Å². The van der Waals surface area contributed by atoms with Crippen LogP contribution in [0, 0.1) is 0 Å². The van der Waals surface area contributed by atoms with Gasteiger partial charge in [-0.15, -0.1) is 0 Å². The van der Waals surface area contributed by atoms with Crippen LogP contribution in [0.25, 0.3) is 0 Å². The molecule has 0 amide bonds. The van der Waals surface area contributed by atoms with Crippen LogP contribution in [0.15, 0.2) is 36.4 Å². The molecule has 4 nitrogen and oxygen atoms in total. The topological polar surface area (TPSA) is 57.4 Å². The first-order valence-corrected chi connectivity index (χ1v) is 6.73. The third-order valence-electron chi connectivity index (χ3n) is 2.54. The second-order valence-corrected chi connectivity index (χ2v) is 5.00. The molecule has 0 bridgehead atoms. The lowest BCUT2D eigenvalue weighted by molar-refractivity contribution is 0.226. The number of aromatic nitrogens is 1. The van der Waals surface area contributed by atoms with Gasteiger partial charge in [-0.25, -0.2) is 0 Å². The number of pyridine rings is 1. The molecule has 5 heteroatoms. The lowest BCUT2D eigenvalue weighted by Crippen LogP contribution is -2.09. The monoisotopic (exact) mass is 292 g/mol. The lowest BCUT2D eigenvalue weighted by atomic mass is 10.2. The van der Waals surface area contributed by atoms with E-state index in [9.17, 15) is 0 Å². The van der Waals surface area contributed by atoms with Gasteiger partial charge >= 0.3 is 0 Å². The van der Waals surface area contributed by atoms with Gasteiger partial charge in [-0.3, -0.25) is 0 Å². The molecule has 2 rings (SSSR count). The molecule has 0 aliphatic rings. The molecular weight excluding hydrogens is 276 g/mol. The lowest BCUT2D eigenvalue weighted by Gasteiger charge is -2.13. The Bertz CT molecular complexity index is 588. The zero-order valence-corrected chi connectivity index (χ0v) is 12.2. The van der Waals surface area contributed by atoms with Crippen molar-refractivity contribution in [3.05, 3.63) is 47.0 Å². The molecule has 0 radical (unpaired) electrons. The molecule has 106 valence electrons. The van der Waals surface area contributed by atoms with Crippen LogP contribution in [0.1, 0.15) is 19.4 Å². The fourth-order valence-electron chi connectivity index (χ4n) is 1.60. The molecule has 0 fully saturated rings. The van der Waals surface area contributed by atoms with Gasteiger partial charge in [0.15, 0.2) is 0 Å². The fourth-order valence-corrected chi connectivity index (χ4v) is 1.79. The van der Waals surface area contributed by atoms with E-state index in [-0.39, 0.29) is 6.10 Å². The van der Waals surface area contributed by atoms with Gasteiger partial charge in [0.2, 0.25) is 11.8 Å². The number of hydrogen-bond acceptors (Lipinski definition) is 4. The van der Waals surface area contributed by atoms with Crippen molar-refractivity contribution in [3.63, 3.8) is 0 Å². The van der Waals surface area contributed by atoms with E-state index < -0.39 is 0 Å². The Balaban J connectivity index is 2.08. The van der Waals surface area contributed by atoms with Crippen LogP contribution in [0.4, 0.5) is 5.69 Å². The number of hydrogen-bond donors (Lipinski definition) is 1. The summed E-state index contributed by atoms with van der Waals surface area (Å²) in [5.74, 6) is 0.839. The van der Waals surface area contributed by atoms with Crippen LogP contribution >= 0.6 is 11.6 Å². The van der Waals surface area contributed by atoms with E-state index >= 15 is 0 Å². The fraction of sp³-hybridized carbons (Fsp3) is 0.267. The summed E-state index contributed by atoms with van der Waals surface area (Å²) in [6, 6.07) is 10.9. The van der Waals surface area contributed by atoms with Crippen molar-refractivity contribution in [1.29, 1.82) is 0 Å². The summed E-state index contributed by atoms with van der Waals surface area (Å²) >= 11 is 6.07. The zero-order valence-electron chi connectivity index (χ0n) is 11.5. The standard InChI is InChI=1S/C15H17ClN2O2/c1-10(2)20-15-13(17)7-8-14(18-15)19-9-11-5-3-4-6-12(11)16/h3-8,10H,9,17H2,1-2H3. The van der Waals surface area contributed by atoms with E-state index in [1.807, 2.05) is 38.1 Å². The molecule has 2 aromatic rings. The van der Waals surface area contributed by atoms with Gasteiger partial charge in [0, 0.05) is 16.7 Å². The number of anilines is 1. The Labute approximate surface area is 123 Å². The number of nitrogens with zero attached hydrogens (tertiary/aromatic N) is 1. The molecule has 0 saturated carbocycles. The predicted octanol–water partition coefficient (Wildman–Crippen LogP) is 3.68. The summed E-state index contributed by atoms with van der Waals surface area (Å²) in [7, 11) is 0.